The van der Waals surface area contributed by atoms with E-state index >= 15 is 0 Å². The Bertz CT molecular complexity index is 1190. The van der Waals surface area contributed by atoms with Crippen molar-refractivity contribution in [3.05, 3.63) is 95.3 Å². The number of benzene rings is 1. The molecule has 1 saturated heterocycles. The van der Waals surface area contributed by atoms with E-state index in [4.69, 9.17) is 17.3 Å². The average molecular weight is 429 g/mol. The van der Waals surface area contributed by atoms with Gasteiger partial charge >= 0.3 is 0 Å². The van der Waals surface area contributed by atoms with Crippen molar-refractivity contribution < 1.29 is 0 Å². The molecule has 31 heavy (non-hydrogen) atoms. The number of hydrogen-bond donors (Lipinski definition) is 0. The van der Waals surface area contributed by atoms with Crippen LogP contribution in [0.5, 0.6) is 0 Å². The largest absolute Gasteiger partial charge is 0.295 e. The molecule has 1 atom stereocenters. The lowest BCUT2D eigenvalue weighted by Gasteiger charge is -2.24. The van der Waals surface area contributed by atoms with Gasteiger partial charge in [0, 0.05) is 42.9 Å². The van der Waals surface area contributed by atoms with E-state index in [0.29, 0.717) is 19.3 Å². The predicted octanol–water partition coefficient (Wildman–Crippen LogP) is 4.71. The van der Waals surface area contributed by atoms with E-state index in [2.05, 4.69) is 49.8 Å². The third kappa shape index (κ3) is 4.19. The molecule has 0 radical (unpaired) electrons. The van der Waals surface area contributed by atoms with E-state index < -0.39 is 0 Å². The molecule has 156 valence electrons. The molecular formula is C24H24N6S. The monoisotopic (exact) mass is 428 g/mol. The summed E-state index contributed by atoms with van der Waals surface area (Å²) >= 11 is 5.91. The van der Waals surface area contributed by atoms with Crippen LogP contribution in [0, 0.1) is 4.77 Å². The van der Waals surface area contributed by atoms with Crippen molar-refractivity contribution in [1.29, 1.82) is 0 Å². The Morgan fingerprint density at radius 1 is 0.935 bits per heavy atom. The molecule has 0 N–H and O–H groups in total. The highest BCUT2D eigenvalue weighted by Crippen LogP contribution is 2.32. The summed E-state index contributed by atoms with van der Waals surface area (Å²) in [6.45, 7) is 2.37. The van der Waals surface area contributed by atoms with Crippen LogP contribution in [-0.2, 0) is 13.2 Å². The maximum absolute atomic E-state index is 5.91. The van der Waals surface area contributed by atoms with Gasteiger partial charge in [-0.15, -0.1) is 0 Å². The molecule has 0 bridgehead atoms. The van der Waals surface area contributed by atoms with Crippen molar-refractivity contribution in [3.63, 3.8) is 0 Å². The van der Waals surface area contributed by atoms with Crippen molar-refractivity contribution >= 4 is 12.2 Å². The summed E-state index contributed by atoms with van der Waals surface area (Å²) in [5, 5.41) is 4.96. The van der Waals surface area contributed by atoms with Gasteiger partial charge in [0.25, 0.3) is 0 Å². The van der Waals surface area contributed by atoms with E-state index in [0.717, 1.165) is 35.5 Å². The Morgan fingerprint density at radius 2 is 1.77 bits per heavy atom. The van der Waals surface area contributed by atoms with Crippen molar-refractivity contribution in [1.82, 2.24) is 29.2 Å². The molecule has 1 unspecified atom stereocenters. The van der Waals surface area contributed by atoms with Gasteiger partial charge < -0.3 is 0 Å². The molecule has 1 aromatic carbocycles. The minimum absolute atomic E-state index is 0.347. The second-order valence-corrected chi connectivity index (χ2v) is 8.18. The summed E-state index contributed by atoms with van der Waals surface area (Å²) in [6, 6.07) is 18.9. The normalized spacial score (nSPS) is 16.6. The van der Waals surface area contributed by atoms with E-state index in [1.54, 1.807) is 12.4 Å². The third-order valence-electron chi connectivity index (χ3n) is 5.79. The number of aromatic nitrogens is 5. The maximum Gasteiger partial charge on any atom is 0.199 e. The molecule has 5 rings (SSSR count). The van der Waals surface area contributed by atoms with Gasteiger partial charge in [-0.1, -0.05) is 36.4 Å². The van der Waals surface area contributed by atoms with E-state index in [1.165, 1.54) is 11.1 Å². The van der Waals surface area contributed by atoms with Crippen molar-refractivity contribution in [2.45, 2.75) is 32.1 Å². The Labute approximate surface area is 186 Å². The van der Waals surface area contributed by atoms with Gasteiger partial charge in [0.15, 0.2) is 10.6 Å². The fourth-order valence-electron chi connectivity index (χ4n) is 4.27. The second kappa shape index (κ2) is 8.91. The third-order valence-corrected chi connectivity index (χ3v) is 6.22. The maximum atomic E-state index is 5.91. The summed E-state index contributed by atoms with van der Waals surface area (Å²) < 4.78 is 4.81. The highest BCUT2D eigenvalue weighted by atomic mass is 32.1. The lowest BCUT2D eigenvalue weighted by molar-refractivity contribution is 0.189. The molecule has 7 heteroatoms. The van der Waals surface area contributed by atoms with Crippen LogP contribution < -0.4 is 0 Å². The molecule has 0 spiro atoms. The van der Waals surface area contributed by atoms with Gasteiger partial charge in [-0.25, -0.2) is 4.68 Å². The first-order valence-electron chi connectivity index (χ1n) is 10.6. The van der Waals surface area contributed by atoms with Crippen LogP contribution in [0.25, 0.3) is 11.4 Å². The lowest BCUT2D eigenvalue weighted by atomic mass is 10.1. The first-order chi connectivity index (χ1) is 15.3. The molecule has 6 nitrogen and oxygen atoms in total. The van der Waals surface area contributed by atoms with Crippen LogP contribution in [0.3, 0.4) is 0 Å². The fraction of sp³-hybridized carbons (Fsp3) is 0.250. The quantitative estimate of drug-likeness (QED) is 0.416. The summed E-state index contributed by atoms with van der Waals surface area (Å²) in [5.74, 6) is 0.869. The predicted molar refractivity (Wildman–Crippen MR) is 123 cm³/mol. The number of nitrogens with zero attached hydrogens (tertiary/aromatic N) is 6. The van der Waals surface area contributed by atoms with Crippen molar-refractivity contribution in [2.24, 2.45) is 0 Å². The van der Waals surface area contributed by atoms with Gasteiger partial charge in [0.2, 0.25) is 0 Å². The summed E-state index contributed by atoms with van der Waals surface area (Å²) in [6.07, 6.45) is 9.67. The fourth-order valence-corrected chi connectivity index (χ4v) is 4.52. The smallest absolute Gasteiger partial charge is 0.199 e. The van der Waals surface area contributed by atoms with E-state index in [9.17, 15) is 0 Å². The van der Waals surface area contributed by atoms with Gasteiger partial charge in [-0.2, -0.15) is 5.10 Å². The summed E-state index contributed by atoms with van der Waals surface area (Å²) in [5.41, 5.74) is 3.47. The first-order valence-corrected chi connectivity index (χ1v) is 11.0. The molecule has 1 fully saturated rings. The first kappa shape index (κ1) is 19.8. The van der Waals surface area contributed by atoms with E-state index in [1.807, 2.05) is 41.3 Å². The Balaban J connectivity index is 1.50. The summed E-state index contributed by atoms with van der Waals surface area (Å²) in [7, 11) is 0. The molecule has 1 aliphatic rings. The molecule has 1 aliphatic heterocycles. The zero-order chi connectivity index (χ0) is 21.0. The zero-order valence-corrected chi connectivity index (χ0v) is 18.0. The van der Waals surface area contributed by atoms with Crippen LogP contribution in [0.4, 0.5) is 0 Å². The van der Waals surface area contributed by atoms with Gasteiger partial charge in [0.1, 0.15) is 0 Å². The van der Waals surface area contributed by atoms with Gasteiger partial charge in [0.05, 0.1) is 13.2 Å². The average Bonchev–Trinajstić information content (AvgIpc) is 3.41. The number of likely N-dealkylation sites (tertiary alicyclic amines) is 1. The number of rotatable bonds is 6. The minimum atomic E-state index is 0.347. The van der Waals surface area contributed by atoms with Crippen LogP contribution in [-0.4, -0.2) is 35.8 Å². The lowest BCUT2D eigenvalue weighted by Crippen LogP contribution is -2.27. The van der Waals surface area contributed by atoms with E-state index in [-0.39, 0.29) is 0 Å². The molecule has 0 saturated carbocycles. The Hall–Kier alpha value is -3.16. The summed E-state index contributed by atoms with van der Waals surface area (Å²) in [4.78, 5) is 10.9. The van der Waals surface area contributed by atoms with Crippen molar-refractivity contribution in [3.8, 4) is 11.4 Å². The van der Waals surface area contributed by atoms with Crippen LogP contribution in [0.2, 0.25) is 0 Å². The topological polar surface area (TPSA) is 51.8 Å². The second-order valence-electron chi connectivity index (χ2n) is 7.81. The van der Waals surface area contributed by atoms with Gasteiger partial charge in [-0.05, 0) is 54.4 Å². The highest BCUT2D eigenvalue weighted by Gasteiger charge is 2.27. The molecule has 4 aromatic rings. The Morgan fingerprint density at radius 3 is 2.55 bits per heavy atom. The SMILES string of the molecule is S=c1n(CN2CCCC2c2cccnc2)nc(-c2ccncc2)n1Cc1ccccc1. The number of hydrogen-bond acceptors (Lipinski definition) is 5. The molecule has 3 aromatic heterocycles. The molecule has 0 amide bonds. The van der Waals surface area contributed by atoms with Gasteiger partial charge in [-0.3, -0.25) is 19.4 Å². The Kier molecular flexibility index (Phi) is 5.69. The molecular weight excluding hydrogens is 404 g/mol. The van der Waals surface area contributed by atoms with Crippen LogP contribution in [0.1, 0.15) is 30.0 Å². The van der Waals surface area contributed by atoms with Crippen LogP contribution >= 0.6 is 12.2 Å². The van der Waals surface area contributed by atoms with Crippen LogP contribution in [0.15, 0.2) is 79.4 Å². The number of pyridine rings is 2. The highest BCUT2D eigenvalue weighted by molar-refractivity contribution is 7.71. The minimum Gasteiger partial charge on any atom is -0.295 e. The standard InChI is InChI=1S/C24H24N6S/c31-24-29(17-19-6-2-1-3-7-19)23(20-10-13-25-14-11-20)27-30(24)18-28-15-5-9-22(28)21-8-4-12-26-16-21/h1-4,6-8,10-14,16,22H,5,9,15,17-18H2. The molecule has 4 heterocycles. The van der Waals surface area contributed by atoms with Crippen molar-refractivity contribution in [2.75, 3.05) is 6.54 Å². The zero-order valence-electron chi connectivity index (χ0n) is 17.2. The molecule has 0 aliphatic carbocycles.